The van der Waals surface area contributed by atoms with Crippen molar-refractivity contribution in [2.75, 3.05) is 0 Å². The highest BCUT2D eigenvalue weighted by Gasteiger charge is 2.31. The van der Waals surface area contributed by atoms with E-state index < -0.39 is 0 Å². The molecule has 0 N–H and O–H groups in total. The van der Waals surface area contributed by atoms with E-state index in [4.69, 9.17) is 15.0 Å². The molecule has 1 aromatic heterocycles. The zero-order valence-electron chi connectivity index (χ0n) is 27.8. The minimum atomic E-state index is 0.000733. The first kappa shape index (κ1) is 29.2. The summed E-state index contributed by atoms with van der Waals surface area (Å²) in [5, 5.41) is 5.81. The van der Waals surface area contributed by atoms with Gasteiger partial charge in [-0.1, -0.05) is 152 Å². The van der Waals surface area contributed by atoms with Gasteiger partial charge in [0.05, 0.1) is 22.6 Å². The van der Waals surface area contributed by atoms with Crippen molar-refractivity contribution in [1.29, 1.82) is 0 Å². The van der Waals surface area contributed by atoms with Crippen molar-refractivity contribution in [3.8, 4) is 0 Å². The second-order valence-corrected chi connectivity index (χ2v) is 13.2. The molecule has 3 aliphatic rings. The number of benzene rings is 6. The van der Waals surface area contributed by atoms with Gasteiger partial charge < -0.3 is 0 Å². The molecule has 238 valence electrons. The van der Waals surface area contributed by atoms with E-state index in [0.29, 0.717) is 0 Å². The number of rotatable bonds is 3. The van der Waals surface area contributed by atoms with Crippen LogP contribution in [0.4, 0.5) is 11.5 Å². The maximum atomic E-state index is 5.27. The first-order valence-electron chi connectivity index (χ1n) is 17.3. The van der Waals surface area contributed by atoms with Crippen molar-refractivity contribution in [3.05, 3.63) is 214 Å². The van der Waals surface area contributed by atoms with Crippen LogP contribution >= 0.6 is 0 Å². The van der Waals surface area contributed by atoms with Crippen molar-refractivity contribution >= 4 is 61.8 Å². The number of hydrogen-bond donors (Lipinski definition) is 0. The molecule has 0 bridgehead atoms. The summed E-state index contributed by atoms with van der Waals surface area (Å²) in [5.74, 6) is 0.799. The summed E-state index contributed by atoms with van der Waals surface area (Å²) in [7, 11) is 0. The molecule has 10 rings (SSSR count). The van der Waals surface area contributed by atoms with E-state index in [-0.39, 0.29) is 5.92 Å². The van der Waals surface area contributed by atoms with Crippen LogP contribution in [0.15, 0.2) is 186 Å². The van der Waals surface area contributed by atoms with E-state index in [0.717, 1.165) is 88.8 Å². The molecule has 0 saturated heterocycles. The molecule has 1 aliphatic carbocycles. The topological polar surface area (TPSA) is 37.6 Å². The van der Waals surface area contributed by atoms with Gasteiger partial charge in [0, 0.05) is 33.6 Å². The summed E-state index contributed by atoms with van der Waals surface area (Å²) >= 11 is 0. The number of hydrogen-bond acceptors (Lipinski definition) is 3. The minimum Gasteiger partial charge on any atom is -0.247 e. The van der Waals surface area contributed by atoms with Crippen molar-refractivity contribution in [3.63, 3.8) is 0 Å². The summed E-state index contributed by atoms with van der Waals surface area (Å²) in [5.41, 5.74) is 12.4. The standard InChI is InChI=1S/C48H31N3/c1-30-28-41(38-19-7-9-23-44(38)49-46(30)39-20-10-15-31-12-2-5-17-36(31)39)33-24-26-34(27-25-33)45-37-18-6-3-13-32(37)16-11-21-40-42-29-35-14-4-8-22-43(35)50-48(42)51-47(40)45/h2-29,40H,1H2/b21-11+,32-16-,45-37-. The summed E-state index contributed by atoms with van der Waals surface area (Å²) in [6.45, 7) is 4.57. The Balaban J connectivity index is 1.11. The predicted octanol–water partition coefficient (Wildman–Crippen LogP) is 9.93. The number of para-hydroxylation sites is 2. The van der Waals surface area contributed by atoms with Gasteiger partial charge in [-0.15, -0.1) is 0 Å². The number of aromatic nitrogens is 1. The normalized spacial score (nSPS) is 18.4. The van der Waals surface area contributed by atoms with Crippen LogP contribution in [0.25, 0.3) is 38.9 Å². The maximum absolute atomic E-state index is 5.27. The monoisotopic (exact) mass is 649 g/mol. The highest BCUT2D eigenvalue weighted by Crippen LogP contribution is 2.42. The van der Waals surface area contributed by atoms with Gasteiger partial charge in [0.1, 0.15) is 0 Å². The average molecular weight is 650 g/mol. The lowest BCUT2D eigenvalue weighted by molar-refractivity contribution is 1.18. The zero-order valence-corrected chi connectivity index (χ0v) is 27.8. The van der Waals surface area contributed by atoms with Gasteiger partial charge in [-0.05, 0) is 67.8 Å². The Morgan fingerprint density at radius 2 is 1.33 bits per heavy atom. The summed E-state index contributed by atoms with van der Waals surface area (Å²) in [4.78, 5) is 15.5. The number of fused-ring (bicyclic) bond motifs is 7. The first-order valence-corrected chi connectivity index (χ1v) is 17.3. The quantitative estimate of drug-likeness (QED) is 0.188. The highest BCUT2D eigenvalue weighted by atomic mass is 14.9. The molecule has 6 aromatic carbocycles. The van der Waals surface area contributed by atoms with Crippen molar-refractivity contribution in [2.24, 2.45) is 9.98 Å². The number of aliphatic imine (C=N–C) groups is 2. The second kappa shape index (κ2) is 11.7. The van der Waals surface area contributed by atoms with Crippen LogP contribution in [0, 0.1) is 0 Å². The van der Waals surface area contributed by atoms with Crippen LogP contribution < -0.4 is 10.4 Å². The molecule has 0 saturated carbocycles. The van der Waals surface area contributed by atoms with Gasteiger partial charge in [0.15, 0.2) is 5.82 Å². The van der Waals surface area contributed by atoms with Gasteiger partial charge in [-0.3, -0.25) is 0 Å². The summed E-state index contributed by atoms with van der Waals surface area (Å²) < 4.78 is 0. The van der Waals surface area contributed by atoms with Crippen LogP contribution in [0.1, 0.15) is 33.7 Å². The molecule has 0 fully saturated rings. The Morgan fingerprint density at radius 3 is 2.25 bits per heavy atom. The molecule has 1 atom stereocenters. The zero-order chi connectivity index (χ0) is 33.9. The Hall–Kier alpha value is -6.71. The molecule has 0 spiro atoms. The minimum absolute atomic E-state index is 0.000733. The van der Waals surface area contributed by atoms with Gasteiger partial charge in [-0.25, -0.2) is 15.0 Å². The fourth-order valence-corrected chi connectivity index (χ4v) is 7.79. The number of nitrogens with zero attached hydrogens (tertiary/aromatic N) is 3. The van der Waals surface area contributed by atoms with E-state index in [9.17, 15) is 0 Å². The van der Waals surface area contributed by atoms with Crippen LogP contribution in [0.5, 0.6) is 0 Å². The second-order valence-electron chi connectivity index (χ2n) is 13.2. The maximum Gasteiger partial charge on any atom is 0.157 e. The molecule has 0 radical (unpaired) electrons. The number of pyridine rings is 1. The van der Waals surface area contributed by atoms with Gasteiger partial charge in [0.25, 0.3) is 0 Å². The Morgan fingerprint density at radius 1 is 0.608 bits per heavy atom. The molecule has 0 amide bonds. The highest BCUT2D eigenvalue weighted by molar-refractivity contribution is 6.29. The molecule has 51 heavy (non-hydrogen) atoms. The molecular weight excluding hydrogens is 619 g/mol. The van der Waals surface area contributed by atoms with E-state index in [1.165, 1.54) is 10.8 Å². The van der Waals surface area contributed by atoms with Crippen LogP contribution in [0.3, 0.4) is 0 Å². The lowest BCUT2D eigenvalue weighted by atomic mass is 9.85. The van der Waals surface area contributed by atoms with Gasteiger partial charge >= 0.3 is 0 Å². The van der Waals surface area contributed by atoms with E-state index >= 15 is 0 Å². The fraction of sp³-hybridized carbons (Fsp3) is 0.0208. The number of allylic oxidation sites excluding steroid dienone is 4. The van der Waals surface area contributed by atoms with Crippen molar-refractivity contribution < 1.29 is 0 Å². The van der Waals surface area contributed by atoms with E-state index in [1.807, 2.05) is 6.07 Å². The Bertz CT molecular complexity index is 2860. The molecule has 1 unspecified atom stereocenters. The van der Waals surface area contributed by atoms with Crippen LogP contribution in [-0.4, -0.2) is 16.4 Å². The average Bonchev–Trinajstić information content (AvgIpc) is 3.42. The Kier molecular flexibility index (Phi) is 6.71. The van der Waals surface area contributed by atoms with Crippen LogP contribution in [0.2, 0.25) is 0 Å². The molecule has 3 nitrogen and oxygen atoms in total. The van der Waals surface area contributed by atoms with Gasteiger partial charge in [0.2, 0.25) is 0 Å². The lowest BCUT2D eigenvalue weighted by Crippen LogP contribution is -2.31. The third-order valence-corrected chi connectivity index (χ3v) is 10.2. The lowest BCUT2D eigenvalue weighted by Gasteiger charge is -2.17. The molecule has 2 aliphatic heterocycles. The molecular formula is C48H31N3. The third kappa shape index (κ3) is 4.86. The van der Waals surface area contributed by atoms with Crippen molar-refractivity contribution in [1.82, 2.24) is 4.98 Å². The van der Waals surface area contributed by atoms with Crippen LogP contribution in [-0.2, 0) is 0 Å². The molecule has 7 aromatic rings. The summed E-state index contributed by atoms with van der Waals surface area (Å²) in [6.07, 6.45) is 8.83. The largest absolute Gasteiger partial charge is 0.247 e. The smallest absolute Gasteiger partial charge is 0.157 e. The van der Waals surface area contributed by atoms with Gasteiger partial charge in [-0.2, -0.15) is 0 Å². The summed E-state index contributed by atoms with van der Waals surface area (Å²) in [6, 6.07) is 51.3. The fourth-order valence-electron chi connectivity index (χ4n) is 7.79. The first-order chi connectivity index (χ1) is 25.2. The van der Waals surface area contributed by atoms with E-state index in [2.05, 4.69) is 170 Å². The van der Waals surface area contributed by atoms with E-state index in [1.54, 1.807) is 0 Å². The molecule has 3 heteroatoms. The van der Waals surface area contributed by atoms with Crippen molar-refractivity contribution in [2.45, 2.75) is 5.92 Å². The molecule has 3 heterocycles. The SMILES string of the molecule is C=C1C=C(c2ccc(\C3=c4/cccc/c4=C/C=C/C4C3=Nc3nc5ccccc5cc34)cc2)c2ccccc2N=C1c1cccc2ccccc12. The predicted molar refractivity (Wildman–Crippen MR) is 213 cm³/mol. The Labute approximate surface area is 296 Å². The third-order valence-electron chi connectivity index (χ3n) is 10.2.